The van der Waals surface area contributed by atoms with Crippen molar-refractivity contribution in [2.75, 3.05) is 13.7 Å². The first-order valence-electron chi connectivity index (χ1n) is 6.58. The summed E-state index contributed by atoms with van der Waals surface area (Å²) in [4.78, 5) is 0. The SMILES string of the molecule is CCC(C)(O)COc1ccc(CC(C)NC)cc1. The van der Waals surface area contributed by atoms with Crippen LogP contribution in [0.15, 0.2) is 24.3 Å². The Morgan fingerprint density at radius 2 is 1.94 bits per heavy atom. The van der Waals surface area contributed by atoms with E-state index in [0.29, 0.717) is 19.1 Å². The van der Waals surface area contributed by atoms with Gasteiger partial charge in [-0.25, -0.2) is 0 Å². The largest absolute Gasteiger partial charge is 0.491 e. The zero-order valence-corrected chi connectivity index (χ0v) is 11.9. The van der Waals surface area contributed by atoms with Gasteiger partial charge in [0.25, 0.3) is 0 Å². The summed E-state index contributed by atoms with van der Waals surface area (Å²) in [6.45, 7) is 6.22. The molecule has 2 atom stereocenters. The first kappa shape index (κ1) is 15.0. The number of rotatable bonds is 7. The van der Waals surface area contributed by atoms with Gasteiger partial charge in [0.05, 0.1) is 5.60 Å². The second-order valence-corrected chi connectivity index (χ2v) is 5.18. The minimum absolute atomic E-state index is 0.329. The minimum atomic E-state index is -0.751. The van der Waals surface area contributed by atoms with Crippen LogP contribution in [0.1, 0.15) is 32.8 Å². The second kappa shape index (κ2) is 6.76. The fourth-order valence-corrected chi connectivity index (χ4v) is 1.52. The summed E-state index contributed by atoms with van der Waals surface area (Å²) in [5.74, 6) is 0.810. The smallest absolute Gasteiger partial charge is 0.119 e. The fourth-order valence-electron chi connectivity index (χ4n) is 1.52. The number of nitrogens with one attached hydrogen (secondary N) is 1. The van der Waals surface area contributed by atoms with Gasteiger partial charge in [-0.2, -0.15) is 0 Å². The molecule has 3 nitrogen and oxygen atoms in total. The van der Waals surface area contributed by atoms with Gasteiger partial charge in [0.1, 0.15) is 12.4 Å². The number of hydrogen-bond donors (Lipinski definition) is 2. The molecule has 1 aromatic carbocycles. The average molecular weight is 251 g/mol. The molecular weight excluding hydrogens is 226 g/mol. The van der Waals surface area contributed by atoms with Crippen LogP contribution in [-0.2, 0) is 6.42 Å². The number of benzene rings is 1. The Morgan fingerprint density at radius 1 is 1.33 bits per heavy atom. The monoisotopic (exact) mass is 251 g/mol. The lowest BCUT2D eigenvalue weighted by atomic mass is 10.1. The summed E-state index contributed by atoms with van der Waals surface area (Å²) in [5, 5.41) is 13.1. The maximum absolute atomic E-state index is 9.86. The van der Waals surface area contributed by atoms with E-state index in [-0.39, 0.29) is 0 Å². The lowest BCUT2D eigenvalue weighted by Crippen LogP contribution is -2.31. The van der Waals surface area contributed by atoms with Crippen LogP contribution in [0, 0.1) is 0 Å². The molecular formula is C15H25NO2. The molecule has 0 aliphatic heterocycles. The molecule has 0 aromatic heterocycles. The predicted octanol–water partition coefficient (Wildman–Crippen LogP) is 2.38. The van der Waals surface area contributed by atoms with Gasteiger partial charge in [0.15, 0.2) is 0 Å². The quantitative estimate of drug-likeness (QED) is 0.782. The third-order valence-corrected chi connectivity index (χ3v) is 3.27. The molecule has 0 aliphatic rings. The van der Waals surface area contributed by atoms with E-state index in [1.165, 1.54) is 5.56 Å². The van der Waals surface area contributed by atoms with E-state index >= 15 is 0 Å². The van der Waals surface area contributed by atoms with Crippen LogP contribution in [0.2, 0.25) is 0 Å². The molecule has 0 aliphatic carbocycles. The van der Waals surface area contributed by atoms with Crippen LogP contribution < -0.4 is 10.1 Å². The minimum Gasteiger partial charge on any atom is -0.491 e. The molecule has 2 N–H and O–H groups in total. The van der Waals surface area contributed by atoms with Gasteiger partial charge < -0.3 is 15.2 Å². The first-order chi connectivity index (χ1) is 8.46. The average Bonchev–Trinajstić information content (AvgIpc) is 2.38. The Balaban J connectivity index is 2.50. The number of ether oxygens (including phenoxy) is 1. The van der Waals surface area contributed by atoms with Crippen LogP contribution >= 0.6 is 0 Å². The Morgan fingerprint density at radius 3 is 2.44 bits per heavy atom. The van der Waals surface area contributed by atoms with Gasteiger partial charge in [-0.15, -0.1) is 0 Å². The van der Waals surface area contributed by atoms with Crippen molar-refractivity contribution >= 4 is 0 Å². The topological polar surface area (TPSA) is 41.5 Å². The van der Waals surface area contributed by atoms with Crippen molar-refractivity contribution in [2.45, 2.75) is 45.3 Å². The molecule has 0 spiro atoms. The molecule has 102 valence electrons. The van der Waals surface area contributed by atoms with Gasteiger partial charge in [-0.05, 0) is 51.4 Å². The summed E-state index contributed by atoms with van der Waals surface area (Å²) >= 11 is 0. The molecule has 0 saturated heterocycles. The Labute approximate surface area is 110 Å². The molecule has 0 radical (unpaired) electrons. The van der Waals surface area contributed by atoms with Crippen molar-refractivity contribution in [1.82, 2.24) is 5.32 Å². The lowest BCUT2D eigenvalue weighted by molar-refractivity contribution is 0.00846. The highest BCUT2D eigenvalue weighted by Gasteiger charge is 2.18. The maximum Gasteiger partial charge on any atom is 0.119 e. The molecule has 0 bridgehead atoms. The van der Waals surface area contributed by atoms with E-state index < -0.39 is 5.60 Å². The van der Waals surface area contributed by atoms with Crippen molar-refractivity contribution in [1.29, 1.82) is 0 Å². The normalized spacial score (nSPS) is 16.1. The third kappa shape index (κ3) is 5.07. The third-order valence-electron chi connectivity index (χ3n) is 3.27. The highest BCUT2D eigenvalue weighted by atomic mass is 16.5. The molecule has 1 aromatic rings. The van der Waals surface area contributed by atoms with E-state index in [0.717, 1.165) is 12.2 Å². The zero-order chi connectivity index (χ0) is 13.6. The van der Waals surface area contributed by atoms with Gasteiger partial charge in [-0.1, -0.05) is 19.1 Å². The fraction of sp³-hybridized carbons (Fsp3) is 0.600. The summed E-state index contributed by atoms with van der Waals surface area (Å²) in [6, 6.07) is 8.54. The van der Waals surface area contributed by atoms with E-state index in [9.17, 15) is 5.11 Å². The van der Waals surface area contributed by atoms with Gasteiger partial charge in [0.2, 0.25) is 0 Å². The molecule has 18 heavy (non-hydrogen) atoms. The summed E-state index contributed by atoms with van der Waals surface area (Å²) < 4.78 is 5.58. The van der Waals surface area contributed by atoms with Crippen molar-refractivity contribution in [3.05, 3.63) is 29.8 Å². The highest BCUT2D eigenvalue weighted by Crippen LogP contribution is 2.16. The number of likely N-dealkylation sites (N-methyl/N-ethyl adjacent to an activating group) is 1. The van der Waals surface area contributed by atoms with Crippen molar-refractivity contribution < 1.29 is 9.84 Å². The van der Waals surface area contributed by atoms with Crippen LogP contribution in [0.3, 0.4) is 0 Å². The maximum atomic E-state index is 9.86. The summed E-state index contributed by atoms with van der Waals surface area (Å²) in [5.41, 5.74) is 0.533. The molecule has 2 unspecified atom stereocenters. The van der Waals surface area contributed by atoms with Crippen LogP contribution in [-0.4, -0.2) is 30.4 Å². The summed E-state index contributed by atoms with van der Waals surface area (Å²) in [6.07, 6.45) is 1.69. The molecule has 0 saturated carbocycles. The van der Waals surface area contributed by atoms with E-state index in [4.69, 9.17) is 4.74 Å². The van der Waals surface area contributed by atoms with Crippen LogP contribution in [0.25, 0.3) is 0 Å². The molecule has 0 amide bonds. The van der Waals surface area contributed by atoms with Gasteiger partial charge >= 0.3 is 0 Å². The van der Waals surface area contributed by atoms with E-state index in [2.05, 4.69) is 24.4 Å². The van der Waals surface area contributed by atoms with Crippen LogP contribution in [0.4, 0.5) is 0 Å². The molecule has 0 fully saturated rings. The Kier molecular flexibility index (Phi) is 5.63. The molecule has 0 heterocycles. The second-order valence-electron chi connectivity index (χ2n) is 5.18. The Hall–Kier alpha value is -1.06. The summed E-state index contributed by atoms with van der Waals surface area (Å²) in [7, 11) is 1.97. The Bertz CT molecular complexity index is 346. The van der Waals surface area contributed by atoms with E-state index in [1.54, 1.807) is 6.92 Å². The number of aliphatic hydroxyl groups is 1. The standard InChI is InChI=1S/C15H25NO2/c1-5-15(3,17)11-18-14-8-6-13(7-9-14)10-12(2)16-4/h6-9,12,16-17H,5,10-11H2,1-4H3. The van der Waals surface area contributed by atoms with E-state index in [1.807, 2.05) is 26.1 Å². The zero-order valence-electron chi connectivity index (χ0n) is 11.9. The molecule has 1 rings (SSSR count). The van der Waals surface area contributed by atoms with Gasteiger partial charge in [0, 0.05) is 6.04 Å². The first-order valence-corrected chi connectivity index (χ1v) is 6.58. The van der Waals surface area contributed by atoms with Crippen molar-refractivity contribution in [3.63, 3.8) is 0 Å². The van der Waals surface area contributed by atoms with Crippen molar-refractivity contribution in [3.8, 4) is 5.75 Å². The highest BCUT2D eigenvalue weighted by molar-refractivity contribution is 5.27. The van der Waals surface area contributed by atoms with Crippen molar-refractivity contribution in [2.24, 2.45) is 0 Å². The molecule has 3 heteroatoms. The predicted molar refractivity (Wildman–Crippen MR) is 75.1 cm³/mol. The van der Waals surface area contributed by atoms with Gasteiger partial charge in [-0.3, -0.25) is 0 Å². The van der Waals surface area contributed by atoms with Crippen LogP contribution in [0.5, 0.6) is 5.75 Å². The lowest BCUT2D eigenvalue weighted by Gasteiger charge is -2.21. The number of hydrogen-bond acceptors (Lipinski definition) is 3.